The molecule has 0 bridgehead atoms. The third-order valence-electron chi connectivity index (χ3n) is 9.12. The van der Waals surface area contributed by atoms with Crippen LogP contribution in [0.1, 0.15) is 79.0 Å². The molecule has 1 unspecified atom stereocenters. The number of ether oxygens (including phenoxy) is 2. The molecular formula is C38H54N6O6. The third kappa shape index (κ3) is 9.84. The summed E-state index contributed by atoms with van der Waals surface area (Å²) in [6.45, 7) is 13.9. The Hall–Kier alpha value is -3.97. The van der Waals surface area contributed by atoms with Crippen LogP contribution >= 0.6 is 0 Å². The summed E-state index contributed by atoms with van der Waals surface area (Å²) in [5.74, 6) is -0.213. The molecule has 0 spiro atoms. The number of hydrogen-bond acceptors (Lipinski definition) is 9. The van der Waals surface area contributed by atoms with Gasteiger partial charge in [0.2, 0.25) is 11.8 Å². The van der Waals surface area contributed by atoms with Crippen molar-refractivity contribution in [2.45, 2.75) is 85.6 Å². The molecule has 3 N–H and O–H groups in total. The molecule has 12 nitrogen and oxygen atoms in total. The summed E-state index contributed by atoms with van der Waals surface area (Å²) < 4.78 is 13.2. The SMILES string of the molecule is CNCCOCC(O)n1nnc2c1-c1ccccc1CN(C(=O)CCC(=O)NCCC(C)(C)OCCC(C)(C)C(=O)C(C)C)c1ccccc1-2. The number of likely N-dealkylation sites (N-methyl/N-ethyl adjacent to an activating group) is 1. The van der Waals surface area contributed by atoms with E-state index in [2.05, 4.69) is 20.9 Å². The molecule has 272 valence electrons. The highest BCUT2D eigenvalue weighted by molar-refractivity contribution is 6.01. The molecule has 2 heterocycles. The molecule has 0 saturated carbocycles. The van der Waals surface area contributed by atoms with Crippen LogP contribution in [0.2, 0.25) is 0 Å². The van der Waals surface area contributed by atoms with Crippen molar-refractivity contribution in [1.82, 2.24) is 25.6 Å². The predicted molar refractivity (Wildman–Crippen MR) is 193 cm³/mol. The minimum absolute atomic E-state index is 0.0173. The number of anilines is 1. The molecule has 2 amide bonds. The van der Waals surface area contributed by atoms with Gasteiger partial charge in [-0.3, -0.25) is 14.4 Å². The molecule has 1 aromatic heterocycles. The first kappa shape index (κ1) is 38.8. The maximum Gasteiger partial charge on any atom is 0.227 e. The Labute approximate surface area is 295 Å². The van der Waals surface area contributed by atoms with E-state index in [0.29, 0.717) is 61.8 Å². The molecule has 0 saturated heterocycles. The van der Waals surface area contributed by atoms with E-state index in [1.165, 1.54) is 4.68 Å². The summed E-state index contributed by atoms with van der Waals surface area (Å²) in [6.07, 6.45) is 0.196. The number of carbonyl (C=O) groups excluding carboxylic acids is 3. The van der Waals surface area contributed by atoms with Gasteiger partial charge in [0.1, 0.15) is 17.2 Å². The van der Waals surface area contributed by atoms with E-state index in [0.717, 1.165) is 11.1 Å². The number of aliphatic hydroxyl groups excluding tert-OH is 1. The number of aliphatic hydroxyl groups is 1. The van der Waals surface area contributed by atoms with Gasteiger partial charge in [0.05, 0.1) is 31.0 Å². The lowest BCUT2D eigenvalue weighted by molar-refractivity contribution is -0.132. The second-order valence-corrected chi connectivity index (χ2v) is 14.4. The van der Waals surface area contributed by atoms with Gasteiger partial charge in [0.15, 0.2) is 6.23 Å². The van der Waals surface area contributed by atoms with Gasteiger partial charge in [-0.15, -0.1) is 5.10 Å². The Balaban J connectivity index is 1.41. The van der Waals surface area contributed by atoms with Crippen molar-refractivity contribution in [2.75, 3.05) is 44.9 Å². The largest absolute Gasteiger partial charge is 0.375 e. The van der Waals surface area contributed by atoms with Gasteiger partial charge >= 0.3 is 0 Å². The average Bonchev–Trinajstić information content (AvgIpc) is 3.51. The van der Waals surface area contributed by atoms with Crippen molar-refractivity contribution >= 4 is 23.3 Å². The van der Waals surface area contributed by atoms with Gasteiger partial charge in [0, 0.05) is 55.0 Å². The number of aromatic nitrogens is 3. The zero-order valence-corrected chi connectivity index (χ0v) is 30.6. The van der Waals surface area contributed by atoms with Crippen LogP contribution in [0, 0.1) is 11.3 Å². The van der Waals surface area contributed by atoms with Gasteiger partial charge in [-0.05, 0) is 45.4 Å². The monoisotopic (exact) mass is 690 g/mol. The molecule has 1 atom stereocenters. The molecular weight excluding hydrogens is 636 g/mol. The summed E-state index contributed by atoms with van der Waals surface area (Å²) >= 11 is 0. The smallest absolute Gasteiger partial charge is 0.227 e. The molecule has 1 aliphatic rings. The van der Waals surface area contributed by atoms with Crippen molar-refractivity contribution in [3.8, 4) is 22.5 Å². The quantitative estimate of drug-likeness (QED) is 0.159. The molecule has 0 radical (unpaired) electrons. The van der Waals surface area contributed by atoms with E-state index >= 15 is 0 Å². The Morgan fingerprint density at radius 1 is 0.940 bits per heavy atom. The summed E-state index contributed by atoms with van der Waals surface area (Å²) in [5, 5.41) is 25.8. The summed E-state index contributed by atoms with van der Waals surface area (Å²) in [7, 11) is 1.83. The van der Waals surface area contributed by atoms with Crippen molar-refractivity contribution in [1.29, 1.82) is 0 Å². The molecule has 50 heavy (non-hydrogen) atoms. The first-order valence-corrected chi connectivity index (χ1v) is 17.5. The van der Waals surface area contributed by atoms with Crippen LogP contribution in [0.5, 0.6) is 0 Å². The normalized spacial score (nSPS) is 13.6. The van der Waals surface area contributed by atoms with Crippen LogP contribution in [-0.2, 0) is 30.4 Å². The number of benzene rings is 2. The van der Waals surface area contributed by atoms with Crippen LogP contribution in [0.15, 0.2) is 48.5 Å². The molecule has 3 aromatic rings. The molecule has 2 aromatic carbocycles. The number of Topliss-reactive ketones (excluding diaryl/α,β-unsaturated/α-hetero) is 1. The van der Waals surface area contributed by atoms with E-state index in [1.54, 1.807) is 4.90 Å². The Morgan fingerprint density at radius 3 is 2.36 bits per heavy atom. The van der Waals surface area contributed by atoms with Gasteiger partial charge in [-0.25, -0.2) is 4.68 Å². The predicted octanol–water partition coefficient (Wildman–Crippen LogP) is 4.91. The first-order valence-electron chi connectivity index (χ1n) is 17.5. The van der Waals surface area contributed by atoms with Gasteiger partial charge in [-0.1, -0.05) is 75.4 Å². The van der Waals surface area contributed by atoms with Crippen molar-refractivity contribution in [3.63, 3.8) is 0 Å². The fourth-order valence-electron chi connectivity index (χ4n) is 6.15. The van der Waals surface area contributed by atoms with E-state index in [1.807, 2.05) is 97.1 Å². The van der Waals surface area contributed by atoms with Gasteiger partial charge in [-0.2, -0.15) is 0 Å². The number of nitrogens with zero attached hydrogens (tertiary/aromatic N) is 4. The van der Waals surface area contributed by atoms with E-state index < -0.39 is 17.2 Å². The minimum atomic E-state index is -1.07. The van der Waals surface area contributed by atoms with Crippen molar-refractivity contribution < 1.29 is 29.0 Å². The van der Waals surface area contributed by atoms with Crippen LogP contribution in [-0.4, -0.2) is 83.3 Å². The maximum absolute atomic E-state index is 13.9. The molecule has 1 aliphatic heterocycles. The fourth-order valence-corrected chi connectivity index (χ4v) is 6.15. The highest BCUT2D eigenvalue weighted by Crippen LogP contribution is 2.41. The van der Waals surface area contributed by atoms with Gasteiger partial charge in [0.25, 0.3) is 0 Å². The fraction of sp³-hybridized carbons (Fsp3) is 0.553. The van der Waals surface area contributed by atoms with E-state index in [-0.39, 0.29) is 49.5 Å². The lowest BCUT2D eigenvalue weighted by Crippen LogP contribution is -2.36. The number of ketones is 1. The van der Waals surface area contributed by atoms with Crippen LogP contribution in [0.3, 0.4) is 0 Å². The highest BCUT2D eigenvalue weighted by Gasteiger charge is 2.32. The van der Waals surface area contributed by atoms with Crippen LogP contribution < -0.4 is 15.5 Å². The first-order chi connectivity index (χ1) is 23.8. The number of para-hydroxylation sites is 1. The van der Waals surface area contributed by atoms with Crippen molar-refractivity contribution in [3.05, 3.63) is 54.1 Å². The maximum atomic E-state index is 13.9. The summed E-state index contributed by atoms with van der Waals surface area (Å²) in [5.41, 5.74) is 3.24. The Morgan fingerprint density at radius 2 is 1.64 bits per heavy atom. The Kier molecular flexibility index (Phi) is 13.4. The summed E-state index contributed by atoms with van der Waals surface area (Å²) in [6, 6.07) is 15.2. The standard InChI is InChI=1S/C38H54N6O6/c1-26(2)36(48)37(3,4)19-22-50-38(5,6)18-20-40-31(45)16-17-32(46)43-24-27-12-8-9-13-28(27)35-34(29-14-10-11-15-30(29)43)41-42-44(35)33(47)25-49-23-21-39-7/h8-15,26,33,39,47H,16-25H2,1-7H3,(H,40,45). The zero-order chi connectivity index (χ0) is 36.5. The number of nitrogens with one attached hydrogen (secondary N) is 2. The van der Waals surface area contributed by atoms with Gasteiger partial charge < -0.3 is 30.1 Å². The zero-order valence-electron chi connectivity index (χ0n) is 30.6. The lowest BCUT2D eigenvalue weighted by atomic mass is 9.80. The number of rotatable bonds is 18. The third-order valence-corrected chi connectivity index (χ3v) is 9.12. The molecule has 0 fully saturated rings. The number of carbonyl (C=O) groups is 3. The Bertz CT molecular complexity index is 1620. The highest BCUT2D eigenvalue weighted by atomic mass is 16.5. The summed E-state index contributed by atoms with van der Waals surface area (Å²) in [4.78, 5) is 40.9. The molecule has 0 aliphatic carbocycles. The topological polar surface area (TPSA) is 148 Å². The minimum Gasteiger partial charge on any atom is -0.375 e. The van der Waals surface area contributed by atoms with Crippen molar-refractivity contribution in [2.24, 2.45) is 11.3 Å². The number of hydrogen-bond donors (Lipinski definition) is 3. The van der Waals surface area contributed by atoms with Crippen LogP contribution in [0.4, 0.5) is 5.69 Å². The van der Waals surface area contributed by atoms with E-state index in [4.69, 9.17) is 9.47 Å². The van der Waals surface area contributed by atoms with Crippen LogP contribution in [0.25, 0.3) is 22.5 Å². The van der Waals surface area contributed by atoms with E-state index in [9.17, 15) is 19.5 Å². The number of fused-ring (bicyclic) bond motifs is 5. The number of amides is 2. The second-order valence-electron chi connectivity index (χ2n) is 14.4. The lowest BCUT2D eigenvalue weighted by Gasteiger charge is -2.30. The molecule has 4 rings (SSSR count). The molecule has 12 heteroatoms. The second kappa shape index (κ2) is 17.3. The average molecular weight is 691 g/mol.